The molecule has 1 rings (SSSR count). The van der Waals surface area contributed by atoms with E-state index in [1.54, 1.807) is 6.92 Å². The first kappa shape index (κ1) is 12.5. The molecule has 2 amide bonds. The number of hydrogen-bond donors (Lipinski definition) is 2. The molecule has 0 aromatic heterocycles. The third kappa shape index (κ3) is 2.32. The summed E-state index contributed by atoms with van der Waals surface area (Å²) >= 11 is 0. The van der Waals surface area contributed by atoms with Crippen LogP contribution in [0.1, 0.15) is 33.1 Å². The molecule has 5 nitrogen and oxygen atoms in total. The van der Waals surface area contributed by atoms with Crippen LogP contribution >= 0.6 is 0 Å². The average Bonchev–Trinajstić information content (AvgIpc) is 2.17. The van der Waals surface area contributed by atoms with Gasteiger partial charge in [-0.05, 0) is 33.1 Å². The van der Waals surface area contributed by atoms with E-state index in [-0.39, 0.29) is 11.8 Å². The monoisotopic (exact) mass is 223 g/mol. The van der Waals surface area contributed by atoms with Crippen molar-refractivity contribution in [1.82, 2.24) is 10.6 Å². The number of carbonyl (C=O) groups is 2. The Hall–Kier alpha value is -1.57. The van der Waals surface area contributed by atoms with Gasteiger partial charge < -0.3 is 10.6 Å². The predicted octanol–water partition coefficient (Wildman–Crippen LogP) is 0.321. The van der Waals surface area contributed by atoms with Crippen molar-refractivity contribution in [2.45, 2.75) is 39.2 Å². The molecule has 1 aliphatic rings. The van der Waals surface area contributed by atoms with Crippen molar-refractivity contribution < 1.29 is 9.59 Å². The van der Waals surface area contributed by atoms with Crippen LogP contribution in [0.5, 0.6) is 0 Å². The molecule has 1 aliphatic carbocycles. The molecule has 0 aromatic carbocycles. The van der Waals surface area contributed by atoms with Gasteiger partial charge in [0.2, 0.25) is 11.8 Å². The zero-order valence-corrected chi connectivity index (χ0v) is 9.67. The van der Waals surface area contributed by atoms with E-state index >= 15 is 0 Å². The number of nitrogens with zero attached hydrogens (tertiary/aromatic N) is 1. The van der Waals surface area contributed by atoms with Crippen molar-refractivity contribution in [3.8, 4) is 6.07 Å². The van der Waals surface area contributed by atoms with E-state index in [0.717, 1.165) is 6.42 Å². The molecule has 1 unspecified atom stereocenters. The second-order valence-corrected chi connectivity index (χ2v) is 4.14. The quantitative estimate of drug-likeness (QED) is 0.720. The van der Waals surface area contributed by atoms with Crippen LogP contribution < -0.4 is 10.6 Å². The lowest BCUT2D eigenvalue weighted by Gasteiger charge is -2.34. The number of amides is 2. The van der Waals surface area contributed by atoms with Crippen molar-refractivity contribution in [1.29, 1.82) is 5.26 Å². The highest BCUT2D eigenvalue weighted by Gasteiger charge is 2.45. The zero-order valence-electron chi connectivity index (χ0n) is 9.67. The zero-order chi connectivity index (χ0) is 12.2. The van der Waals surface area contributed by atoms with Crippen LogP contribution in [0.4, 0.5) is 0 Å². The van der Waals surface area contributed by atoms with Gasteiger partial charge in [0.1, 0.15) is 11.5 Å². The summed E-state index contributed by atoms with van der Waals surface area (Å²) in [5.74, 6) is -0.539. The first-order chi connectivity index (χ1) is 7.55. The molecular formula is C11H17N3O2. The molecule has 0 heterocycles. The summed E-state index contributed by atoms with van der Waals surface area (Å²) in [5.41, 5.74) is -0.888. The van der Waals surface area contributed by atoms with Gasteiger partial charge in [0.05, 0.1) is 6.07 Å². The Kier molecular flexibility index (Phi) is 3.88. The van der Waals surface area contributed by atoms with E-state index in [1.165, 1.54) is 0 Å². The number of carbonyl (C=O) groups excluding carboxylic acids is 2. The molecule has 2 N–H and O–H groups in total. The van der Waals surface area contributed by atoms with Gasteiger partial charge in [0, 0.05) is 6.54 Å². The maximum Gasteiger partial charge on any atom is 0.242 e. The third-order valence-corrected chi connectivity index (χ3v) is 2.95. The molecule has 0 saturated heterocycles. The van der Waals surface area contributed by atoms with Crippen LogP contribution in [0.2, 0.25) is 0 Å². The Morgan fingerprint density at radius 3 is 2.50 bits per heavy atom. The van der Waals surface area contributed by atoms with Gasteiger partial charge in [-0.15, -0.1) is 0 Å². The van der Waals surface area contributed by atoms with Crippen LogP contribution in [-0.4, -0.2) is 24.4 Å². The van der Waals surface area contributed by atoms with Crippen molar-refractivity contribution in [2.75, 3.05) is 6.54 Å². The average molecular weight is 223 g/mol. The van der Waals surface area contributed by atoms with Gasteiger partial charge in [-0.2, -0.15) is 5.26 Å². The molecule has 1 saturated carbocycles. The van der Waals surface area contributed by atoms with E-state index in [1.807, 2.05) is 13.0 Å². The van der Waals surface area contributed by atoms with E-state index in [9.17, 15) is 9.59 Å². The van der Waals surface area contributed by atoms with E-state index in [4.69, 9.17) is 5.26 Å². The lowest BCUT2D eigenvalue weighted by molar-refractivity contribution is -0.135. The number of nitrogens with one attached hydrogen (secondary N) is 2. The van der Waals surface area contributed by atoms with E-state index in [0.29, 0.717) is 19.4 Å². The third-order valence-electron chi connectivity index (χ3n) is 2.95. The molecule has 16 heavy (non-hydrogen) atoms. The molecule has 0 bridgehead atoms. The lowest BCUT2D eigenvalue weighted by atomic mass is 9.69. The van der Waals surface area contributed by atoms with Crippen LogP contribution in [0.3, 0.4) is 0 Å². The Balaban J connectivity index is 2.51. The SMILES string of the molecule is CCNC(=O)C(C)NC(=O)C1(C#N)CCC1. The van der Waals surface area contributed by atoms with Gasteiger partial charge >= 0.3 is 0 Å². The van der Waals surface area contributed by atoms with Gasteiger partial charge in [-0.1, -0.05) is 0 Å². The summed E-state index contributed by atoms with van der Waals surface area (Å²) in [6.07, 6.45) is 2.09. The Morgan fingerprint density at radius 1 is 1.50 bits per heavy atom. The van der Waals surface area contributed by atoms with Crippen LogP contribution in [0, 0.1) is 16.7 Å². The van der Waals surface area contributed by atoms with Gasteiger partial charge in [-0.25, -0.2) is 0 Å². The van der Waals surface area contributed by atoms with Crippen LogP contribution in [0.15, 0.2) is 0 Å². The van der Waals surface area contributed by atoms with Gasteiger partial charge in [0.25, 0.3) is 0 Å². The Morgan fingerprint density at radius 2 is 2.12 bits per heavy atom. The van der Waals surface area contributed by atoms with Crippen molar-refractivity contribution in [2.24, 2.45) is 5.41 Å². The standard InChI is InChI=1S/C11H17N3O2/c1-3-13-9(15)8(2)14-10(16)11(7-12)5-4-6-11/h8H,3-6H2,1-2H3,(H,13,15)(H,14,16). The van der Waals surface area contributed by atoms with Crippen molar-refractivity contribution in [3.63, 3.8) is 0 Å². The summed E-state index contributed by atoms with van der Waals surface area (Å²) in [7, 11) is 0. The second-order valence-electron chi connectivity index (χ2n) is 4.14. The Bertz CT molecular complexity index is 329. The minimum Gasteiger partial charge on any atom is -0.355 e. The smallest absolute Gasteiger partial charge is 0.242 e. The van der Waals surface area contributed by atoms with E-state index < -0.39 is 11.5 Å². The minimum atomic E-state index is -0.888. The van der Waals surface area contributed by atoms with Gasteiger partial charge in [0.15, 0.2) is 0 Å². The molecule has 1 atom stereocenters. The van der Waals surface area contributed by atoms with Crippen molar-refractivity contribution in [3.05, 3.63) is 0 Å². The second kappa shape index (κ2) is 4.97. The molecule has 0 aliphatic heterocycles. The topological polar surface area (TPSA) is 82.0 Å². The highest BCUT2D eigenvalue weighted by Crippen LogP contribution is 2.40. The molecule has 0 aromatic rings. The van der Waals surface area contributed by atoms with E-state index in [2.05, 4.69) is 10.6 Å². The molecular weight excluding hydrogens is 206 g/mol. The normalized spacial score (nSPS) is 18.8. The summed E-state index contributed by atoms with van der Waals surface area (Å²) in [6, 6.07) is 1.46. The first-order valence-corrected chi connectivity index (χ1v) is 5.55. The fourth-order valence-corrected chi connectivity index (χ4v) is 1.65. The molecule has 1 fully saturated rings. The largest absolute Gasteiger partial charge is 0.355 e. The molecule has 0 radical (unpaired) electrons. The maximum atomic E-state index is 11.8. The summed E-state index contributed by atoms with van der Waals surface area (Å²) in [4.78, 5) is 23.2. The maximum absolute atomic E-state index is 11.8. The molecule has 5 heteroatoms. The number of rotatable bonds is 4. The number of likely N-dealkylation sites (N-methyl/N-ethyl adjacent to an activating group) is 1. The van der Waals surface area contributed by atoms with Crippen LogP contribution in [0.25, 0.3) is 0 Å². The summed E-state index contributed by atoms with van der Waals surface area (Å²) < 4.78 is 0. The summed E-state index contributed by atoms with van der Waals surface area (Å²) in [6.45, 7) is 3.96. The lowest BCUT2D eigenvalue weighted by Crippen LogP contribution is -2.52. The number of hydrogen-bond acceptors (Lipinski definition) is 3. The van der Waals surface area contributed by atoms with Crippen LogP contribution in [-0.2, 0) is 9.59 Å². The summed E-state index contributed by atoms with van der Waals surface area (Å²) in [5, 5.41) is 14.2. The predicted molar refractivity (Wildman–Crippen MR) is 58.2 cm³/mol. The molecule has 0 spiro atoms. The number of nitriles is 1. The van der Waals surface area contributed by atoms with Crippen molar-refractivity contribution >= 4 is 11.8 Å². The molecule has 88 valence electrons. The highest BCUT2D eigenvalue weighted by molar-refractivity contribution is 5.91. The first-order valence-electron chi connectivity index (χ1n) is 5.55. The van der Waals surface area contributed by atoms with Gasteiger partial charge in [-0.3, -0.25) is 9.59 Å². The Labute approximate surface area is 95.2 Å². The highest BCUT2D eigenvalue weighted by atomic mass is 16.2. The minimum absolute atomic E-state index is 0.219. The fraction of sp³-hybridized carbons (Fsp3) is 0.727. The fourth-order valence-electron chi connectivity index (χ4n) is 1.65.